The number of carbonyl (C=O) groups excluding carboxylic acids is 1. The number of nitrogens with zero attached hydrogens (tertiary/aromatic N) is 6. The maximum Gasteiger partial charge on any atom is 0.438 e. The molecule has 338 valence electrons. The second kappa shape index (κ2) is 16.0. The molecule has 0 radical (unpaired) electrons. The van der Waals surface area contributed by atoms with Crippen molar-refractivity contribution in [3.63, 3.8) is 0 Å². The van der Waals surface area contributed by atoms with Crippen LogP contribution >= 0.6 is 7.14 Å². The second-order valence-corrected chi connectivity index (χ2v) is 21.3. The van der Waals surface area contributed by atoms with Crippen LogP contribution in [0.3, 0.4) is 0 Å². The molecule has 0 unspecified atom stereocenters. The van der Waals surface area contributed by atoms with Gasteiger partial charge in [-0.2, -0.15) is 5.10 Å². The molecular weight excluding hydrogens is 849 g/mol. The number of anilines is 1. The molecule has 4 aromatic heterocycles. The van der Waals surface area contributed by atoms with Crippen LogP contribution in [0.1, 0.15) is 103 Å². The van der Waals surface area contributed by atoms with E-state index < -0.39 is 24.4 Å². The Bertz CT molecular complexity index is 3170. The van der Waals surface area contributed by atoms with Crippen molar-refractivity contribution < 1.29 is 23.0 Å². The molecule has 65 heavy (non-hydrogen) atoms. The normalized spacial score (nSPS) is 17.5. The Kier molecular flexibility index (Phi) is 10.5. The molecule has 1 saturated carbocycles. The Labute approximate surface area is 374 Å². The molecule has 15 nitrogen and oxygen atoms in total. The number of benzene rings is 3. The number of rotatable bonds is 11. The number of aryl methyl sites for hydroxylation is 2. The Morgan fingerprint density at radius 2 is 1.69 bits per heavy atom. The van der Waals surface area contributed by atoms with Crippen molar-refractivity contribution in [2.45, 2.75) is 84.2 Å². The zero-order valence-corrected chi connectivity index (χ0v) is 38.4. The maximum absolute atomic E-state index is 15.4. The Morgan fingerprint density at radius 1 is 0.969 bits per heavy atom. The summed E-state index contributed by atoms with van der Waals surface area (Å²) in [5, 5.41) is 14.1. The average molecular weight is 902 g/mol. The van der Waals surface area contributed by atoms with Gasteiger partial charge in [-0.3, -0.25) is 28.1 Å². The third-order valence-corrected chi connectivity index (χ3v) is 17.5. The monoisotopic (exact) mass is 901 g/mol. The highest BCUT2D eigenvalue weighted by Gasteiger charge is 2.53. The first kappa shape index (κ1) is 42.7. The van der Waals surface area contributed by atoms with Crippen LogP contribution in [-0.2, 0) is 21.3 Å². The fourth-order valence-corrected chi connectivity index (χ4v) is 12.5. The first-order chi connectivity index (χ1) is 31.3. The van der Waals surface area contributed by atoms with Crippen molar-refractivity contribution in [2.75, 3.05) is 44.4 Å². The van der Waals surface area contributed by atoms with E-state index in [1.165, 1.54) is 10.1 Å². The van der Waals surface area contributed by atoms with Crippen LogP contribution in [0.2, 0.25) is 0 Å². The smallest absolute Gasteiger partial charge is 0.387 e. The van der Waals surface area contributed by atoms with Crippen molar-refractivity contribution >= 4 is 34.9 Å². The molecule has 3 N–H and O–H groups in total. The van der Waals surface area contributed by atoms with E-state index in [9.17, 15) is 14.2 Å². The van der Waals surface area contributed by atoms with Crippen LogP contribution in [0.25, 0.3) is 33.5 Å². The van der Waals surface area contributed by atoms with Crippen LogP contribution < -0.4 is 22.1 Å². The molecule has 10 rings (SSSR count). The lowest BCUT2D eigenvalue weighted by atomic mass is 9.88. The van der Waals surface area contributed by atoms with Gasteiger partial charge in [-0.1, -0.05) is 31.1 Å². The number of imidazole rings is 1. The molecule has 3 aromatic carbocycles. The first-order valence-corrected chi connectivity index (χ1v) is 24.6. The molecule has 7 aromatic rings. The van der Waals surface area contributed by atoms with Gasteiger partial charge in [0.05, 0.1) is 29.4 Å². The summed E-state index contributed by atoms with van der Waals surface area (Å²) in [6.07, 6.45) is 7.56. The Balaban J connectivity index is 1.10. The zero-order valence-electron chi connectivity index (χ0n) is 37.5. The number of fused-ring (bicyclic) bond motifs is 2. The number of amides is 1. The van der Waals surface area contributed by atoms with Crippen LogP contribution in [0.5, 0.6) is 0 Å². The fraction of sp³-hybridized carbons (Fsp3) is 0.396. The molecule has 0 bridgehead atoms. The van der Waals surface area contributed by atoms with Gasteiger partial charge >= 0.3 is 11.4 Å². The molecule has 0 spiro atoms. The minimum atomic E-state index is -2.65. The second-order valence-electron chi connectivity index (χ2n) is 17.8. The van der Waals surface area contributed by atoms with E-state index in [2.05, 4.69) is 38.6 Å². The molecular formula is C48H53FN9O6P. The quantitative estimate of drug-likeness (QED) is 0.110. The van der Waals surface area contributed by atoms with Crippen molar-refractivity contribution in [3.8, 4) is 22.6 Å². The lowest BCUT2D eigenvalue weighted by Gasteiger charge is -2.35. The van der Waals surface area contributed by atoms with E-state index in [-0.39, 0.29) is 17.4 Å². The predicted octanol–water partition coefficient (Wildman–Crippen LogP) is 7.67. The fourth-order valence-electron chi connectivity index (χ4n) is 10.4. The summed E-state index contributed by atoms with van der Waals surface area (Å²) in [6, 6.07) is 14.7. The number of nitrogens with one attached hydrogen (secondary N) is 3. The molecule has 1 amide bonds. The van der Waals surface area contributed by atoms with Crippen molar-refractivity contribution in [1.29, 1.82) is 0 Å². The number of carbonyl (C=O) groups is 1. The Morgan fingerprint density at radius 3 is 2.35 bits per heavy atom. The van der Waals surface area contributed by atoms with Crippen LogP contribution in [0, 0.1) is 19.7 Å². The van der Waals surface area contributed by atoms with E-state index in [0.717, 1.165) is 34.6 Å². The predicted molar refractivity (Wildman–Crippen MR) is 248 cm³/mol. The summed E-state index contributed by atoms with van der Waals surface area (Å²) in [7, 11) is -0.869. The van der Waals surface area contributed by atoms with Gasteiger partial charge in [0.2, 0.25) is 0 Å². The van der Waals surface area contributed by atoms with E-state index in [4.69, 9.17) is 14.4 Å². The van der Waals surface area contributed by atoms with Crippen molar-refractivity contribution in [3.05, 3.63) is 127 Å². The molecule has 17 heteroatoms. The molecule has 2 aliphatic heterocycles. The van der Waals surface area contributed by atoms with Gasteiger partial charge in [0, 0.05) is 84.5 Å². The van der Waals surface area contributed by atoms with Gasteiger partial charge < -0.3 is 24.5 Å². The molecule has 6 heterocycles. The standard InChI is InChI=1S/C48H53FN9O6P/c1-7-65(62,8-2)37-12-10-33(26-36(37)50-6)56-17-18-57(47(56)61)43-40(32-23-27(3)39(49)28(4)24-32)53-58-20-19-55(29(5)42(43)58)44(59)41-38(48(15-16-48)45-52-46(60)64-54-45)34-11-9-31(25-35(34)51-41)30-13-21-63-22-14-30/h9-12,17-18,23-26,29-30,50-51H,7-8,13-16,19-22H2,1-6H3,(H,52,54,60)/t29-/m0/s1. The molecule has 1 aliphatic carbocycles. The van der Waals surface area contributed by atoms with Crippen LogP contribution in [0.15, 0.2) is 75.0 Å². The average Bonchev–Trinajstić information content (AvgIpc) is 3.60. The number of H-pyrrole nitrogens is 2. The number of ether oxygens (including phenoxy) is 1. The number of aromatic amines is 2. The van der Waals surface area contributed by atoms with E-state index in [1.807, 2.05) is 43.7 Å². The minimum absolute atomic E-state index is 0.247. The number of aromatic nitrogens is 7. The lowest BCUT2D eigenvalue weighted by molar-refractivity contribution is 0.0630. The van der Waals surface area contributed by atoms with Gasteiger partial charge in [0.15, 0.2) is 5.82 Å². The first-order valence-electron chi connectivity index (χ1n) is 22.5. The highest BCUT2D eigenvalue weighted by Crippen LogP contribution is 2.56. The third kappa shape index (κ3) is 6.86. The topological polar surface area (TPSA) is 178 Å². The highest BCUT2D eigenvalue weighted by atomic mass is 31.2. The summed E-state index contributed by atoms with van der Waals surface area (Å²) in [5.41, 5.74) is 6.42. The Hall–Kier alpha value is -6.25. The molecule has 2 fully saturated rings. The van der Waals surface area contributed by atoms with E-state index >= 15 is 9.18 Å². The number of hydrogen-bond donors (Lipinski definition) is 3. The van der Waals surface area contributed by atoms with Gasteiger partial charge in [0.1, 0.15) is 30.0 Å². The van der Waals surface area contributed by atoms with Gasteiger partial charge in [-0.05, 0) is 105 Å². The summed E-state index contributed by atoms with van der Waals surface area (Å²) in [5.74, 6) is -0.505. The zero-order chi connectivity index (χ0) is 45.5. The van der Waals surface area contributed by atoms with Crippen molar-refractivity contribution in [2.24, 2.45) is 0 Å². The van der Waals surface area contributed by atoms with E-state index in [1.54, 1.807) is 54.9 Å². The summed E-state index contributed by atoms with van der Waals surface area (Å²) >= 11 is 0. The maximum atomic E-state index is 15.4. The van der Waals surface area contributed by atoms with Crippen LogP contribution in [0.4, 0.5) is 10.1 Å². The summed E-state index contributed by atoms with van der Waals surface area (Å²) in [6.45, 7) is 11.2. The number of halogens is 1. The molecule has 3 aliphatic rings. The number of hydrogen-bond acceptors (Lipinski definition) is 9. The molecule has 1 saturated heterocycles. The van der Waals surface area contributed by atoms with Crippen LogP contribution in [-0.4, -0.2) is 84.0 Å². The summed E-state index contributed by atoms with van der Waals surface area (Å²) < 4.78 is 44.6. The third-order valence-electron chi connectivity index (χ3n) is 14.2. The summed E-state index contributed by atoms with van der Waals surface area (Å²) in [4.78, 5) is 50.7. The lowest BCUT2D eigenvalue weighted by Crippen LogP contribution is -2.42. The van der Waals surface area contributed by atoms with Gasteiger partial charge in [0.25, 0.3) is 5.91 Å². The highest BCUT2D eigenvalue weighted by molar-refractivity contribution is 7.71. The van der Waals surface area contributed by atoms with Gasteiger partial charge in [-0.25, -0.2) is 14.0 Å². The van der Waals surface area contributed by atoms with E-state index in [0.29, 0.717) is 114 Å². The van der Waals surface area contributed by atoms with Gasteiger partial charge in [-0.15, -0.1) is 0 Å². The van der Waals surface area contributed by atoms with Crippen molar-refractivity contribution in [1.82, 2.24) is 38.9 Å². The molecule has 1 atom stereocenters. The minimum Gasteiger partial charge on any atom is -0.387 e. The SMILES string of the molecule is CCP(=O)(CC)c1ccc(-n2ccn(-c3c(-c4cc(C)c(F)c(C)c4)nn4c3[C@H](C)N(C(=O)c3[nH]c5cc(C6CCOCC6)ccc5c3C3(c5noc(=O)[nH]5)CC3)CC4)c2=O)cc1NC. The largest absolute Gasteiger partial charge is 0.438 e.